The zero-order chi connectivity index (χ0) is 10.7. The van der Waals surface area contributed by atoms with E-state index in [2.05, 4.69) is 20.9 Å². The van der Waals surface area contributed by atoms with Gasteiger partial charge >= 0.3 is 0 Å². The second-order valence-corrected chi connectivity index (χ2v) is 4.23. The normalized spacial score (nSPS) is 10.2. The summed E-state index contributed by atoms with van der Waals surface area (Å²) in [6.45, 7) is 0. The number of halogens is 1. The fourth-order valence-corrected chi connectivity index (χ4v) is 1.65. The topological polar surface area (TPSA) is 32.9 Å². The van der Waals surface area contributed by atoms with E-state index in [0.717, 1.165) is 10.0 Å². The Bertz CT molecular complexity index is 445. The minimum atomic E-state index is 0.113. The van der Waals surface area contributed by atoms with E-state index in [1.54, 1.807) is 12.3 Å². The average molecular weight is 264 g/mol. The van der Waals surface area contributed by atoms with Crippen molar-refractivity contribution in [2.24, 2.45) is 0 Å². The van der Waals surface area contributed by atoms with Crippen LogP contribution in [0.25, 0.3) is 0 Å². The van der Waals surface area contributed by atoms with Crippen molar-refractivity contribution in [3.63, 3.8) is 0 Å². The Morgan fingerprint density at radius 3 is 2.53 bits per heavy atom. The predicted octanol–water partition coefficient (Wildman–Crippen LogP) is 3.20. The number of nitrogens with one attached hydrogen (secondary N) is 1. The first-order chi connectivity index (χ1) is 7.25. The van der Waals surface area contributed by atoms with E-state index in [9.17, 15) is 4.79 Å². The molecule has 0 bridgehead atoms. The van der Waals surface area contributed by atoms with Gasteiger partial charge in [-0.3, -0.25) is 4.79 Å². The molecule has 1 N–H and O–H groups in total. The lowest BCUT2D eigenvalue weighted by Gasteiger charge is -1.99. The summed E-state index contributed by atoms with van der Waals surface area (Å²) in [5, 5.41) is 0. The standard InChI is InChI=1S/C12H10BrNO/c13-10-5-3-9(4-6-10)8-12(15)11-2-1-7-14-11/h1-7,14H,8H2. The van der Waals surface area contributed by atoms with Gasteiger partial charge in [0.05, 0.1) is 5.69 Å². The van der Waals surface area contributed by atoms with Crippen molar-refractivity contribution in [1.29, 1.82) is 0 Å². The van der Waals surface area contributed by atoms with Gasteiger partial charge in [0.15, 0.2) is 5.78 Å². The molecule has 0 saturated heterocycles. The molecular formula is C12H10BrNO. The number of aromatic amines is 1. The first kappa shape index (κ1) is 10.2. The van der Waals surface area contributed by atoms with Crippen LogP contribution in [0, 0.1) is 0 Å². The average Bonchev–Trinajstić information content (AvgIpc) is 2.74. The van der Waals surface area contributed by atoms with E-state index in [-0.39, 0.29) is 5.78 Å². The molecule has 0 aliphatic carbocycles. The Morgan fingerprint density at radius 2 is 1.93 bits per heavy atom. The Balaban J connectivity index is 2.09. The summed E-state index contributed by atoms with van der Waals surface area (Å²) in [5.74, 6) is 0.113. The number of aromatic nitrogens is 1. The molecule has 1 heterocycles. The summed E-state index contributed by atoms with van der Waals surface area (Å²) in [4.78, 5) is 14.6. The molecule has 0 fully saturated rings. The summed E-state index contributed by atoms with van der Waals surface area (Å²) < 4.78 is 1.03. The molecule has 2 rings (SSSR count). The third kappa shape index (κ3) is 2.57. The van der Waals surface area contributed by atoms with Crippen LogP contribution < -0.4 is 0 Å². The Morgan fingerprint density at radius 1 is 1.20 bits per heavy atom. The van der Waals surface area contributed by atoms with Crippen LogP contribution in [0.5, 0.6) is 0 Å². The van der Waals surface area contributed by atoms with Crippen LogP contribution in [0.15, 0.2) is 47.1 Å². The van der Waals surface area contributed by atoms with Crippen molar-refractivity contribution < 1.29 is 4.79 Å². The SMILES string of the molecule is O=C(Cc1ccc(Br)cc1)c1ccc[nH]1. The van der Waals surface area contributed by atoms with Crippen molar-refractivity contribution in [1.82, 2.24) is 4.98 Å². The number of Topliss-reactive ketones (excluding diaryl/α,β-unsaturated/α-hetero) is 1. The number of benzene rings is 1. The zero-order valence-electron chi connectivity index (χ0n) is 8.03. The van der Waals surface area contributed by atoms with Crippen molar-refractivity contribution >= 4 is 21.7 Å². The fraction of sp³-hybridized carbons (Fsp3) is 0.0833. The maximum atomic E-state index is 11.7. The van der Waals surface area contributed by atoms with E-state index in [1.165, 1.54) is 0 Å². The lowest BCUT2D eigenvalue weighted by Crippen LogP contribution is -2.03. The van der Waals surface area contributed by atoms with Gasteiger partial charge in [0, 0.05) is 17.1 Å². The molecule has 0 amide bonds. The van der Waals surface area contributed by atoms with Crippen molar-refractivity contribution in [3.8, 4) is 0 Å². The van der Waals surface area contributed by atoms with Gasteiger partial charge in [0.1, 0.15) is 0 Å². The van der Waals surface area contributed by atoms with Crippen molar-refractivity contribution in [2.45, 2.75) is 6.42 Å². The molecule has 15 heavy (non-hydrogen) atoms. The van der Waals surface area contributed by atoms with Crippen LogP contribution in [0.1, 0.15) is 16.1 Å². The molecule has 2 aromatic rings. The number of carbonyl (C=O) groups is 1. The molecule has 0 aliphatic rings. The Kier molecular flexibility index (Phi) is 3.02. The lowest BCUT2D eigenvalue weighted by molar-refractivity contribution is 0.0989. The zero-order valence-corrected chi connectivity index (χ0v) is 9.62. The number of rotatable bonds is 3. The second kappa shape index (κ2) is 4.45. The van der Waals surface area contributed by atoms with Crippen molar-refractivity contribution in [2.75, 3.05) is 0 Å². The first-order valence-corrected chi connectivity index (χ1v) is 5.46. The minimum absolute atomic E-state index is 0.113. The number of carbonyl (C=O) groups excluding carboxylic acids is 1. The number of ketones is 1. The number of hydrogen-bond acceptors (Lipinski definition) is 1. The Hall–Kier alpha value is -1.35. The van der Waals surface area contributed by atoms with Gasteiger partial charge in [0.25, 0.3) is 0 Å². The van der Waals surface area contributed by atoms with Crippen molar-refractivity contribution in [3.05, 3.63) is 58.3 Å². The van der Waals surface area contributed by atoms with Crippen LogP contribution in [-0.2, 0) is 6.42 Å². The predicted molar refractivity (Wildman–Crippen MR) is 63.0 cm³/mol. The third-order valence-electron chi connectivity index (χ3n) is 2.18. The number of H-pyrrole nitrogens is 1. The van der Waals surface area contributed by atoms with E-state index in [1.807, 2.05) is 30.3 Å². The van der Waals surface area contributed by atoms with Gasteiger partial charge in [-0.05, 0) is 29.8 Å². The van der Waals surface area contributed by atoms with Gasteiger partial charge in [-0.15, -0.1) is 0 Å². The largest absolute Gasteiger partial charge is 0.359 e. The molecule has 0 atom stereocenters. The van der Waals surface area contributed by atoms with E-state index >= 15 is 0 Å². The maximum Gasteiger partial charge on any atom is 0.183 e. The van der Waals surface area contributed by atoms with Gasteiger partial charge in [-0.1, -0.05) is 28.1 Å². The van der Waals surface area contributed by atoms with Gasteiger partial charge in [0.2, 0.25) is 0 Å². The maximum absolute atomic E-state index is 11.7. The molecule has 1 aromatic heterocycles. The summed E-state index contributed by atoms with van der Waals surface area (Å²) >= 11 is 3.36. The highest BCUT2D eigenvalue weighted by Gasteiger charge is 2.06. The molecule has 1 aromatic carbocycles. The highest BCUT2D eigenvalue weighted by atomic mass is 79.9. The summed E-state index contributed by atoms with van der Waals surface area (Å²) in [7, 11) is 0. The van der Waals surface area contributed by atoms with E-state index in [4.69, 9.17) is 0 Å². The van der Waals surface area contributed by atoms with Crippen LogP contribution in [0.4, 0.5) is 0 Å². The second-order valence-electron chi connectivity index (χ2n) is 3.31. The fourth-order valence-electron chi connectivity index (χ4n) is 1.39. The van der Waals surface area contributed by atoms with Gasteiger partial charge in [-0.2, -0.15) is 0 Å². The molecule has 3 heteroatoms. The summed E-state index contributed by atoms with van der Waals surface area (Å²) in [5.41, 5.74) is 1.69. The first-order valence-electron chi connectivity index (χ1n) is 4.67. The number of hydrogen-bond donors (Lipinski definition) is 1. The molecule has 76 valence electrons. The molecule has 0 radical (unpaired) electrons. The highest BCUT2D eigenvalue weighted by Crippen LogP contribution is 2.12. The molecule has 0 saturated carbocycles. The summed E-state index contributed by atoms with van der Waals surface area (Å²) in [6, 6.07) is 11.4. The molecule has 2 nitrogen and oxygen atoms in total. The highest BCUT2D eigenvalue weighted by molar-refractivity contribution is 9.10. The summed E-state index contributed by atoms with van der Waals surface area (Å²) in [6.07, 6.45) is 2.20. The molecule has 0 unspecified atom stereocenters. The lowest BCUT2D eigenvalue weighted by atomic mass is 10.1. The molecule has 0 aliphatic heterocycles. The molecular weight excluding hydrogens is 254 g/mol. The minimum Gasteiger partial charge on any atom is -0.359 e. The van der Waals surface area contributed by atoms with Crippen LogP contribution >= 0.6 is 15.9 Å². The third-order valence-corrected chi connectivity index (χ3v) is 2.70. The van der Waals surface area contributed by atoms with Crippen LogP contribution in [0.2, 0.25) is 0 Å². The van der Waals surface area contributed by atoms with Gasteiger partial charge < -0.3 is 4.98 Å². The van der Waals surface area contributed by atoms with E-state index in [0.29, 0.717) is 12.1 Å². The molecule has 0 spiro atoms. The monoisotopic (exact) mass is 263 g/mol. The van der Waals surface area contributed by atoms with E-state index < -0.39 is 0 Å². The quantitative estimate of drug-likeness (QED) is 0.848. The van der Waals surface area contributed by atoms with Crippen LogP contribution in [-0.4, -0.2) is 10.8 Å². The van der Waals surface area contributed by atoms with Gasteiger partial charge in [-0.25, -0.2) is 0 Å². The smallest absolute Gasteiger partial charge is 0.183 e. The Labute approximate surface area is 96.5 Å². The van der Waals surface area contributed by atoms with Crippen LogP contribution in [0.3, 0.4) is 0 Å².